The Balaban J connectivity index is 2.98. The normalized spacial score (nSPS) is 24.5. The average Bonchev–Trinajstić information content (AvgIpc) is 2.84. The smallest absolute Gasteiger partial charge is 0.323 e. The maximum atomic E-state index is 12.2. The predicted octanol–water partition coefficient (Wildman–Crippen LogP) is 2.47. The highest BCUT2D eigenvalue weighted by Gasteiger charge is 2.56. The van der Waals surface area contributed by atoms with E-state index in [9.17, 15) is 14.7 Å². The van der Waals surface area contributed by atoms with Crippen LogP contribution in [0.2, 0.25) is 0 Å². The molecule has 22 heavy (non-hydrogen) atoms. The van der Waals surface area contributed by atoms with Gasteiger partial charge in [0.15, 0.2) is 5.41 Å². The van der Waals surface area contributed by atoms with E-state index in [1.807, 2.05) is 19.1 Å². The number of aliphatic hydroxyl groups is 1. The van der Waals surface area contributed by atoms with Crippen molar-refractivity contribution in [3.05, 3.63) is 12.2 Å². The highest BCUT2D eigenvalue weighted by molar-refractivity contribution is 6.00. The summed E-state index contributed by atoms with van der Waals surface area (Å²) in [6.45, 7) is 5.54. The summed E-state index contributed by atoms with van der Waals surface area (Å²) in [5, 5.41) is 9.77. The lowest BCUT2D eigenvalue weighted by Crippen LogP contribution is -2.39. The summed E-state index contributed by atoms with van der Waals surface area (Å²) in [7, 11) is 2.59. The number of hydrogen-bond acceptors (Lipinski definition) is 5. The van der Waals surface area contributed by atoms with Crippen LogP contribution in [-0.2, 0) is 19.1 Å². The third-order valence-corrected chi connectivity index (χ3v) is 4.48. The van der Waals surface area contributed by atoms with Crippen LogP contribution in [0.4, 0.5) is 0 Å². The first kappa shape index (κ1) is 18.7. The van der Waals surface area contributed by atoms with Gasteiger partial charge in [-0.05, 0) is 44.9 Å². The van der Waals surface area contributed by atoms with Gasteiger partial charge in [0.25, 0.3) is 0 Å². The number of esters is 2. The topological polar surface area (TPSA) is 72.8 Å². The van der Waals surface area contributed by atoms with Crippen molar-refractivity contribution in [3.8, 4) is 0 Å². The van der Waals surface area contributed by atoms with Gasteiger partial charge in [-0.2, -0.15) is 0 Å². The molecule has 0 bridgehead atoms. The number of carbonyl (C=O) groups is 2. The molecule has 1 rings (SSSR count). The van der Waals surface area contributed by atoms with Gasteiger partial charge in [-0.25, -0.2) is 0 Å². The summed E-state index contributed by atoms with van der Waals surface area (Å²) in [6.07, 6.45) is 6.18. The molecule has 5 heteroatoms. The molecule has 0 saturated heterocycles. The van der Waals surface area contributed by atoms with Gasteiger partial charge in [0.2, 0.25) is 0 Å². The zero-order valence-corrected chi connectivity index (χ0v) is 14.2. The van der Waals surface area contributed by atoms with Crippen molar-refractivity contribution in [1.82, 2.24) is 0 Å². The molecule has 0 aromatic heterocycles. The van der Waals surface area contributed by atoms with Gasteiger partial charge in [0.1, 0.15) is 0 Å². The Morgan fingerprint density at radius 1 is 1.23 bits per heavy atom. The van der Waals surface area contributed by atoms with Crippen molar-refractivity contribution < 1.29 is 24.2 Å². The first-order valence-corrected chi connectivity index (χ1v) is 7.76. The fourth-order valence-electron chi connectivity index (χ4n) is 3.26. The SMILES string of the molecule is CCC1CC(C(=O)OC)(C(=O)OC)CC1/C=C/CC(C)(C)O. The van der Waals surface area contributed by atoms with Gasteiger partial charge < -0.3 is 14.6 Å². The molecule has 2 atom stereocenters. The number of allylic oxidation sites excluding steroid dienone is 1. The van der Waals surface area contributed by atoms with Crippen LogP contribution in [0.15, 0.2) is 12.2 Å². The lowest BCUT2D eigenvalue weighted by atomic mass is 9.84. The zero-order valence-electron chi connectivity index (χ0n) is 14.2. The summed E-state index contributed by atoms with van der Waals surface area (Å²) in [6, 6.07) is 0. The number of methoxy groups -OCH3 is 2. The average molecular weight is 312 g/mol. The van der Waals surface area contributed by atoms with E-state index < -0.39 is 23.0 Å². The van der Waals surface area contributed by atoms with Crippen LogP contribution in [0.3, 0.4) is 0 Å². The van der Waals surface area contributed by atoms with E-state index in [2.05, 4.69) is 0 Å². The molecule has 0 radical (unpaired) electrons. The van der Waals surface area contributed by atoms with E-state index >= 15 is 0 Å². The maximum Gasteiger partial charge on any atom is 0.323 e. The fraction of sp³-hybridized carbons (Fsp3) is 0.765. The summed E-state index contributed by atoms with van der Waals surface area (Å²) < 4.78 is 9.71. The third-order valence-electron chi connectivity index (χ3n) is 4.48. The monoisotopic (exact) mass is 312 g/mol. The molecule has 0 aromatic rings. The Labute approximate surface area is 132 Å². The highest BCUT2D eigenvalue weighted by Crippen LogP contribution is 2.49. The third kappa shape index (κ3) is 4.09. The second-order valence-electron chi connectivity index (χ2n) is 6.75. The highest BCUT2D eigenvalue weighted by atomic mass is 16.5. The van der Waals surface area contributed by atoms with Crippen molar-refractivity contribution in [2.75, 3.05) is 14.2 Å². The Bertz CT molecular complexity index is 417. The molecule has 0 aromatic carbocycles. The van der Waals surface area contributed by atoms with E-state index in [0.717, 1.165) is 6.42 Å². The minimum atomic E-state index is -1.20. The van der Waals surface area contributed by atoms with Gasteiger partial charge in [-0.15, -0.1) is 0 Å². The Morgan fingerprint density at radius 3 is 2.18 bits per heavy atom. The predicted molar refractivity (Wildman–Crippen MR) is 83.0 cm³/mol. The van der Waals surface area contributed by atoms with Crippen LogP contribution in [0.5, 0.6) is 0 Å². The Hall–Kier alpha value is -1.36. The molecule has 1 aliphatic carbocycles. The lowest BCUT2D eigenvalue weighted by Gasteiger charge is -2.23. The molecule has 0 spiro atoms. The van der Waals surface area contributed by atoms with E-state index in [1.54, 1.807) is 13.8 Å². The van der Waals surface area contributed by atoms with E-state index in [4.69, 9.17) is 9.47 Å². The van der Waals surface area contributed by atoms with Crippen molar-refractivity contribution in [3.63, 3.8) is 0 Å². The van der Waals surface area contributed by atoms with E-state index in [1.165, 1.54) is 14.2 Å². The number of hydrogen-bond donors (Lipinski definition) is 1. The quantitative estimate of drug-likeness (QED) is 0.463. The second-order valence-corrected chi connectivity index (χ2v) is 6.75. The molecule has 0 heterocycles. The minimum Gasteiger partial charge on any atom is -0.468 e. The molecule has 0 aliphatic heterocycles. The number of rotatable bonds is 6. The summed E-state index contributed by atoms with van der Waals surface area (Å²) in [5.41, 5.74) is -1.97. The van der Waals surface area contributed by atoms with Gasteiger partial charge in [0.05, 0.1) is 19.8 Å². The van der Waals surface area contributed by atoms with Crippen molar-refractivity contribution in [2.24, 2.45) is 17.3 Å². The van der Waals surface area contributed by atoms with Crippen molar-refractivity contribution in [1.29, 1.82) is 0 Å². The molecular formula is C17H28O5. The van der Waals surface area contributed by atoms with E-state index in [0.29, 0.717) is 19.3 Å². The Kier molecular flexibility index (Phi) is 6.17. The molecule has 2 unspecified atom stereocenters. The largest absolute Gasteiger partial charge is 0.468 e. The molecule has 126 valence electrons. The van der Waals surface area contributed by atoms with Gasteiger partial charge in [-0.1, -0.05) is 25.5 Å². The summed E-state index contributed by atoms with van der Waals surface area (Å²) in [4.78, 5) is 24.4. The zero-order chi connectivity index (χ0) is 17.0. The van der Waals surface area contributed by atoms with Crippen LogP contribution in [-0.4, -0.2) is 36.9 Å². The van der Waals surface area contributed by atoms with Crippen LogP contribution in [0, 0.1) is 17.3 Å². The number of ether oxygens (including phenoxy) is 2. The molecular weight excluding hydrogens is 284 g/mol. The lowest BCUT2D eigenvalue weighted by molar-refractivity contribution is -0.169. The van der Waals surface area contributed by atoms with Crippen molar-refractivity contribution in [2.45, 2.75) is 52.1 Å². The van der Waals surface area contributed by atoms with Crippen molar-refractivity contribution >= 4 is 11.9 Å². The molecule has 0 amide bonds. The minimum absolute atomic E-state index is 0.102. The van der Waals surface area contributed by atoms with Gasteiger partial charge >= 0.3 is 11.9 Å². The van der Waals surface area contributed by atoms with Gasteiger partial charge in [0, 0.05) is 0 Å². The molecule has 1 saturated carbocycles. The van der Waals surface area contributed by atoms with Crippen LogP contribution >= 0.6 is 0 Å². The molecule has 1 N–H and O–H groups in total. The summed E-state index contributed by atoms with van der Waals surface area (Å²) >= 11 is 0. The van der Waals surface area contributed by atoms with Crippen LogP contribution in [0.1, 0.15) is 46.5 Å². The summed E-state index contributed by atoms with van der Waals surface area (Å²) in [5.74, 6) is -0.714. The second kappa shape index (κ2) is 7.27. The van der Waals surface area contributed by atoms with Crippen LogP contribution in [0.25, 0.3) is 0 Å². The van der Waals surface area contributed by atoms with E-state index in [-0.39, 0.29) is 11.8 Å². The molecule has 5 nitrogen and oxygen atoms in total. The number of carbonyl (C=O) groups excluding carboxylic acids is 2. The first-order valence-electron chi connectivity index (χ1n) is 7.76. The van der Waals surface area contributed by atoms with Crippen LogP contribution < -0.4 is 0 Å². The standard InChI is InChI=1S/C17H28O5/c1-6-12-10-17(14(18)21-4,15(19)22-5)11-13(12)8-7-9-16(2,3)20/h7-8,12-13,20H,6,9-11H2,1-5H3/b8-7+. The molecule has 1 fully saturated rings. The molecule has 1 aliphatic rings. The fourth-order valence-corrected chi connectivity index (χ4v) is 3.26. The van der Waals surface area contributed by atoms with Gasteiger partial charge in [-0.3, -0.25) is 9.59 Å². The first-order chi connectivity index (χ1) is 10.2. The maximum absolute atomic E-state index is 12.2. The Morgan fingerprint density at radius 2 is 1.77 bits per heavy atom.